The van der Waals surface area contributed by atoms with E-state index in [4.69, 9.17) is 5.11 Å². The molecule has 1 fully saturated rings. The first-order valence-electron chi connectivity index (χ1n) is 6.77. The van der Waals surface area contributed by atoms with Crippen molar-refractivity contribution < 1.29 is 9.90 Å². The van der Waals surface area contributed by atoms with Crippen molar-refractivity contribution in [3.63, 3.8) is 0 Å². The fraction of sp³-hybridized carbons (Fsp3) is 0.533. The number of carboxylic acid groups (broad SMARTS) is 1. The van der Waals surface area contributed by atoms with Crippen molar-refractivity contribution in [3.8, 4) is 0 Å². The molecule has 0 aromatic carbocycles. The monoisotopic (exact) mass is 279 g/mol. The lowest BCUT2D eigenvalue weighted by Crippen LogP contribution is -2.39. The average molecular weight is 279 g/mol. The smallest absolute Gasteiger partial charge is 0.328 e. The fourth-order valence-electron chi connectivity index (χ4n) is 2.63. The molecule has 0 bridgehead atoms. The second kappa shape index (κ2) is 6.35. The minimum absolute atomic E-state index is 0.642. The van der Waals surface area contributed by atoms with Gasteiger partial charge < -0.3 is 5.11 Å². The van der Waals surface area contributed by atoms with Crippen LogP contribution in [0.5, 0.6) is 0 Å². The van der Waals surface area contributed by atoms with Crippen molar-refractivity contribution in [3.05, 3.63) is 28.0 Å². The minimum Gasteiger partial charge on any atom is -0.478 e. The summed E-state index contributed by atoms with van der Waals surface area (Å²) in [4.78, 5) is 14.3. The summed E-state index contributed by atoms with van der Waals surface area (Å²) >= 11 is 1.71. The van der Waals surface area contributed by atoms with Crippen LogP contribution in [0, 0.1) is 5.92 Å². The molecule has 1 aliphatic rings. The zero-order valence-electron chi connectivity index (χ0n) is 11.5. The second-order valence-electron chi connectivity index (χ2n) is 5.47. The van der Waals surface area contributed by atoms with Gasteiger partial charge >= 0.3 is 5.97 Å². The van der Waals surface area contributed by atoms with Crippen molar-refractivity contribution >= 4 is 23.4 Å². The van der Waals surface area contributed by atoms with E-state index >= 15 is 0 Å². The molecule has 2 atom stereocenters. The molecule has 0 radical (unpaired) electrons. The van der Waals surface area contributed by atoms with Crippen LogP contribution in [-0.2, 0) is 11.3 Å². The molecule has 1 N–H and O–H groups in total. The molecular weight excluding hydrogens is 258 g/mol. The Morgan fingerprint density at radius 2 is 2.37 bits per heavy atom. The molecule has 0 aliphatic carbocycles. The lowest BCUT2D eigenvalue weighted by molar-refractivity contribution is -0.131. The Morgan fingerprint density at radius 3 is 3.05 bits per heavy atom. The lowest BCUT2D eigenvalue weighted by atomic mass is 9.93. The van der Waals surface area contributed by atoms with E-state index in [2.05, 4.69) is 24.8 Å². The van der Waals surface area contributed by atoms with E-state index < -0.39 is 5.97 Å². The quantitative estimate of drug-likeness (QED) is 0.858. The first kappa shape index (κ1) is 14.3. The van der Waals surface area contributed by atoms with Gasteiger partial charge in [-0.05, 0) is 55.3 Å². The number of thiophene rings is 1. The molecular formula is C15H21NO2S. The summed E-state index contributed by atoms with van der Waals surface area (Å²) in [7, 11) is 0. The van der Waals surface area contributed by atoms with Crippen LogP contribution in [-0.4, -0.2) is 28.6 Å². The highest BCUT2D eigenvalue weighted by molar-refractivity contribution is 7.10. The lowest BCUT2D eigenvalue weighted by Gasteiger charge is -2.36. The van der Waals surface area contributed by atoms with Crippen LogP contribution < -0.4 is 0 Å². The van der Waals surface area contributed by atoms with Crippen molar-refractivity contribution in [2.24, 2.45) is 5.92 Å². The van der Waals surface area contributed by atoms with Gasteiger partial charge in [0.25, 0.3) is 0 Å². The van der Waals surface area contributed by atoms with E-state index in [1.807, 2.05) is 5.38 Å². The van der Waals surface area contributed by atoms with Gasteiger partial charge in [0, 0.05) is 23.5 Å². The molecule has 2 heterocycles. The maximum absolute atomic E-state index is 10.5. The van der Waals surface area contributed by atoms with Crippen LogP contribution in [0.25, 0.3) is 6.08 Å². The van der Waals surface area contributed by atoms with E-state index in [0.29, 0.717) is 6.04 Å². The molecule has 3 nitrogen and oxygen atoms in total. The van der Waals surface area contributed by atoms with Crippen LogP contribution in [0.2, 0.25) is 0 Å². The molecule has 0 amide bonds. The first-order chi connectivity index (χ1) is 9.04. The maximum Gasteiger partial charge on any atom is 0.328 e. The second-order valence-corrected chi connectivity index (χ2v) is 6.46. The summed E-state index contributed by atoms with van der Waals surface area (Å²) in [5.74, 6) is -0.0602. The van der Waals surface area contributed by atoms with Gasteiger partial charge in [-0.1, -0.05) is 6.92 Å². The number of piperidine rings is 1. The standard InChI is InChI=1S/C15H21NO2S/c1-11-5-6-16(12(2)7-11)9-14-8-13(10-19-14)3-4-15(17)18/h3-4,8,10-12H,5-7,9H2,1-2H3,(H,17,18). The van der Waals surface area contributed by atoms with E-state index in [9.17, 15) is 4.79 Å². The van der Waals surface area contributed by atoms with Gasteiger partial charge in [-0.25, -0.2) is 4.79 Å². The zero-order chi connectivity index (χ0) is 13.8. The summed E-state index contributed by atoms with van der Waals surface area (Å²) in [5, 5.41) is 10.6. The van der Waals surface area contributed by atoms with Crippen molar-refractivity contribution in [1.29, 1.82) is 0 Å². The molecule has 2 rings (SSSR count). The van der Waals surface area contributed by atoms with Crippen LogP contribution >= 0.6 is 11.3 Å². The van der Waals surface area contributed by atoms with E-state index in [-0.39, 0.29) is 0 Å². The number of hydrogen-bond donors (Lipinski definition) is 1. The molecule has 2 unspecified atom stereocenters. The molecule has 4 heteroatoms. The molecule has 104 valence electrons. The third-order valence-corrected chi connectivity index (χ3v) is 4.67. The Kier molecular flexibility index (Phi) is 4.77. The number of likely N-dealkylation sites (tertiary alicyclic amines) is 1. The number of hydrogen-bond acceptors (Lipinski definition) is 3. The predicted molar refractivity (Wildman–Crippen MR) is 79.3 cm³/mol. The largest absolute Gasteiger partial charge is 0.478 e. The van der Waals surface area contributed by atoms with Gasteiger partial charge in [0.1, 0.15) is 0 Å². The minimum atomic E-state index is -0.897. The first-order valence-corrected chi connectivity index (χ1v) is 7.65. The summed E-state index contributed by atoms with van der Waals surface area (Å²) in [6.45, 7) is 6.78. The van der Waals surface area contributed by atoms with Crippen molar-refractivity contribution in [2.75, 3.05) is 6.54 Å². The third-order valence-electron chi connectivity index (χ3n) is 3.73. The molecule has 0 spiro atoms. The van der Waals surface area contributed by atoms with Crippen LogP contribution in [0.3, 0.4) is 0 Å². The summed E-state index contributed by atoms with van der Waals surface area (Å²) in [6, 6.07) is 2.73. The molecule has 1 aromatic rings. The Balaban J connectivity index is 1.94. The molecule has 19 heavy (non-hydrogen) atoms. The van der Waals surface area contributed by atoms with Crippen LogP contribution in [0.15, 0.2) is 17.5 Å². The third kappa shape index (κ3) is 4.18. The predicted octanol–water partition coefficient (Wildman–Crippen LogP) is 3.47. The molecule has 1 saturated heterocycles. The highest BCUT2D eigenvalue weighted by Crippen LogP contribution is 2.26. The number of aliphatic carboxylic acids is 1. The van der Waals surface area contributed by atoms with Gasteiger partial charge in [0.2, 0.25) is 0 Å². The van der Waals surface area contributed by atoms with Crippen molar-refractivity contribution in [2.45, 2.75) is 39.3 Å². The Bertz CT molecular complexity index is 466. The van der Waals surface area contributed by atoms with Gasteiger partial charge in [0.05, 0.1) is 0 Å². The summed E-state index contributed by atoms with van der Waals surface area (Å²) < 4.78 is 0. The number of rotatable bonds is 4. The van der Waals surface area contributed by atoms with Gasteiger partial charge in [-0.3, -0.25) is 4.90 Å². The van der Waals surface area contributed by atoms with Crippen LogP contribution in [0.1, 0.15) is 37.1 Å². The molecule has 1 aromatic heterocycles. The fourth-order valence-corrected chi connectivity index (χ4v) is 3.50. The zero-order valence-corrected chi connectivity index (χ0v) is 12.3. The SMILES string of the molecule is CC1CCN(Cc2cc(C=CC(=O)O)cs2)C(C)C1. The van der Waals surface area contributed by atoms with Crippen molar-refractivity contribution in [1.82, 2.24) is 4.90 Å². The van der Waals surface area contributed by atoms with E-state index in [1.54, 1.807) is 17.4 Å². The molecule has 0 saturated carbocycles. The summed E-state index contributed by atoms with van der Waals surface area (Å²) in [5.41, 5.74) is 0.987. The highest BCUT2D eigenvalue weighted by atomic mass is 32.1. The molecule has 1 aliphatic heterocycles. The number of carbonyl (C=O) groups is 1. The van der Waals surface area contributed by atoms with Gasteiger partial charge in [0.15, 0.2) is 0 Å². The van der Waals surface area contributed by atoms with E-state index in [0.717, 1.165) is 18.0 Å². The van der Waals surface area contributed by atoms with Gasteiger partial charge in [-0.2, -0.15) is 0 Å². The van der Waals surface area contributed by atoms with E-state index in [1.165, 1.54) is 30.3 Å². The Hall–Kier alpha value is -1.13. The average Bonchev–Trinajstić information content (AvgIpc) is 2.78. The Morgan fingerprint density at radius 1 is 1.58 bits per heavy atom. The normalized spacial score (nSPS) is 24.9. The number of carboxylic acids is 1. The maximum atomic E-state index is 10.5. The Labute approximate surface area is 118 Å². The van der Waals surface area contributed by atoms with Gasteiger partial charge in [-0.15, -0.1) is 11.3 Å². The van der Waals surface area contributed by atoms with Crippen LogP contribution in [0.4, 0.5) is 0 Å². The summed E-state index contributed by atoms with van der Waals surface area (Å²) in [6.07, 6.45) is 5.40. The highest BCUT2D eigenvalue weighted by Gasteiger charge is 2.22. The topological polar surface area (TPSA) is 40.5 Å². The number of nitrogens with zero attached hydrogens (tertiary/aromatic N) is 1.